The number of aromatic nitrogens is 1. The van der Waals surface area contributed by atoms with Crippen LogP contribution in [0.15, 0.2) is 23.4 Å². The zero-order valence-electron chi connectivity index (χ0n) is 10.9. The monoisotopic (exact) mass is 250 g/mol. The van der Waals surface area contributed by atoms with Gasteiger partial charge in [0, 0.05) is 12.2 Å². The summed E-state index contributed by atoms with van der Waals surface area (Å²) < 4.78 is 0. The number of thioether (sulfide) groups is 1. The third-order valence-electron chi connectivity index (χ3n) is 3.46. The highest BCUT2D eigenvalue weighted by atomic mass is 32.2. The average Bonchev–Trinajstić information content (AvgIpc) is 2.40. The number of pyridine rings is 1. The first kappa shape index (κ1) is 12.9. The number of hydrogen-bond acceptors (Lipinski definition) is 3. The van der Waals surface area contributed by atoms with Crippen molar-refractivity contribution in [3.63, 3.8) is 0 Å². The van der Waals surface area contributed by atoms with E-state index in [0.717, 1.165) is 17.3 Å². The SMILES string of the molecule is CCSc1ccc(C2CCCCN2CC)cn1. The molecule has 2 rings (SSSR count). The van der Waals surface area contributed by atoms with Crippen molar-refractivity contribution in [3.8, 4) is 0 Å². The van der Waals surface area contributed by atoms with E-state index in [2.05, 4.69) is 42.1 Å². The minimum Gasteiger partial charge on any atom is -0.297 e. The van der Waals surface area contributed by atoms with Gasteiger partial charge < -0.3 is 0 Å². The van der Waals surface area contributed by atoms with Crippen molar-refractivity contribution in [1.29, 1.82) is 0 Å². The van der Waals surface area contributed by atoms with Gasteiger partial charge in [-0.05, 0) is 43.3 Å². The molecule has 1 aromatic heterocycles. The molecule has 1 aromatic rings. The molecule has 2 heterocycles. The molecule has 1 unspecified atom stereocenters. The van der Waals surface area contributed by atoms with Crippen LogP contribution in [0.25, 0.3) is 0 Å². The van der Waals surface area contributed by atoms with E-state index in [1.165, 1.54) is 31.4 Å². The number of rotatable bonds is 4. The molecular formula is C14H22N2S. The maximum atomic E-state index is 4.55. The Labute approximate surface area is 109 Å². The van der Waals surface area contributed by atoms with Crippen LogP contribution in [0.5, 0.6) is 0 Å². The summed E-state index contributed by atoms with van der Waals surface area (Å²) in [7, 11) is 0. The van der Waals surface area contributed by atoms with Gasteiger partial charge in [-0.15, -0.1) is 11.8 Å². The molecular weight excluding hydrogens is 228 g/mol. The summed E-state index contributed by atoms with van der Waals surface area (Å²) in [5.41, 5.74) is 1.40. The molecule has 0 amide bonds. The van der Waals surface area contributed by atoms with E-state index in [1.807, 2.05) is 11.8 Å². The summed E-state index contributed by atoms with van der Waals surface area (Å²) in [5.74, 6) is 1.09. The standard InChI is InChI=1S/C14H22N2S/c1-3-16-10-6-5-7-13(16)12-8-9-14(15-11-12)17-4-2/h8-9,11,13H,3-7,10H2,1-2H3. The van der Waals surface area contributed by atoms with Gasteiger partial charge >= 0.3 is 0 Å². The Hall–Kier alpha value is -0.540. The molecule has 3 heteroatoms. The van der Waals surface area contributed by atoms with Gasteiger partial charge in [-0.1, -0.05) is 26.3 Å². The van der Waals surface area contributed by atoms with Crippen molar-refractivity contribution >= 4 is 11.8 Å². The molecule has 0 aliphatic carbocycles. The van der Waals surface area contributed by atoms with Crippen molar-refractivity contribution in [3.05, 3.63) is 23.9 Å². The Morgan fingerprint density at radius 2 is 2.24 bits per heavy atom. The summed E-state index contributed by atoms with van der Waals surface area (Å²) in [4.78, 5) is 7.13. The van der Waals surface area contributed by atoms with Gasteiger partial charge in [0.25, 0.3) is 0 Å². The van der Waals surface area contributed by atoms with Crippen LogP contribution in [-0.4, -0.2) is 28.7 Å². The van der Waals surface area contributed by atoms with Gasteiger partial charge in [0.1, 0.15) is 0 Å². The predicted molar refractivity (Wildman–Crippen MR) is 74.5 cm³/mol. The van der Waals surface area contributed by atoms with Crippen LogP contribution in [0, 0.1) is 0 Å². The smallest absolute Gasteiger partial charge is 0.0959 e. The fraction of sp³-hybridized carbons (Fsp3) is 0.643. The summed E-state index contributed by atoms with van der Waals surface area (Å²) >= 11 is 1.81. The number of hydrogen-bond donors (Lipinski definition) is 0. The summed E-state index contributed by atoms with van der Waals surface area (Å²) in [6, 6.07) is 5.04. The Morgan fingerprint density at radius 3 is 2.88 bits per heavy atom. The second-order valence-corrected chi connectivity index (χ2v) is 5.79. The Balaban J connectivity index is 2.09. The van der Waals surface area contributed by atoms with Crippen LogP contribution in [0.1, 0.15) is 44.7 Å². The van der Waals surface area contributed by atoms with E-state index < -0.39 is 0 Å². The topological polar surface area (TPSA) is 16.1 Å². The zero-order chi connectivity index (χ0) is 12.1. The van der Waals surface area contributed by atoms with Crippen molar-refractivity contribution in [2.24, 2.45) is 0 Å². The fourth-order valence-electron chi connectivity index (χ4n) is 2.57. The molecule has 0 spiro atoms. The van der Waals surface area contributed by atoms with Crippen molar-refractivity contribution in [1.82, 2.24) is 9.88 Å². The minimum atomic E-state index is 0.599. The lowest BCUT2D eigenvalue weighted by atomic mass is 9.96. The minimum absolute atomic E-state index is 0.599. The highest BCUT2D eigenvalue weighted by Crippen LogP contribution is 2.30. The number of likely N-dealkylation sites (tertiary alicyclic amines) is 1. The molecule has 17 heavy (non-hydrogen) atoms. The van der Waals surface area contributed by atoms with Crippen LogP contribution >= 0.6 is 11.8 Å². The quantitative estimate of drug-likeness (QED) is 0.757. The maximum Gasteiger partial charge on any atom is 0.0959 e. The van der Waals surface area contributed by atoms with E-state index in [0.29, 0.717) is 6.04 Å². The van der Waals surface area contributed by atoms with Crippen molar-refractivity contribution < 1.29 is 0 Å². The molecule has 1 saturated heterocycles. The summed E-state index contributed by atoms with van der Waals surface area (Å²) in [6.07, 6.45) is 6.07. The lowest BCUT2D eigenvalue weighted by molar-refractivity contribution is 0.157. The third kappa shape index (κ3) is 3.23. The molecule has 2 nitrogen and oxygen atoms in total. The Morgan fingerprint density at radius 1 is 1.35 bits per heavy atom. The molecule has 0 N–H and O–H groups in total. The van der Waals surface area contributed by atoms with Crippen LogP contribution < -0.4 is 0 Å². The molecule has 0 saturated carbocycles. The fourth-order valence-corrected chi connectivity index (χ4v) is 3.16. The third-order valence-corrected chi connectivity index (χ3v) is 4.28. The van der Waals surface area contributed by atoms with E-state index >= 15 is 0 Å². The highest BCUT2D eigenvalue weighted by Gasteiger charge is 2.22. The number of piperidine rings is 1. The predicted octanol–water partition coefficient (Wildman–Crippen LogP) is 3.74. The van der Waals surface area contributed by atoms with Gasteiger partial charge in [-0.3, -0.25) is 4.90 Å². The van der Waals surface area contributed by atoms with E-state index in [-0.39, 0.29) is 0 Å². The van der Waals surface area contributed by atoms with Gasteiger partial charge in [0.2, 0.25) is 0 Å². The lowest BCUT2D eigenvalue weighted by Crippen LogP contribution is -2.33. The Bertz CT molecular complexity index is 337. The van der Waals surface area contributed by atoms with E-state index in [9.17, 15) is 0 Å². The summed E-state index contributed by atoms with van der Waals surface area (Å²) in [6.45, 7) is 6.82. The first-order valence-electron chi connectivity index (χ1n) is 6.68. The second-order valence-electron chi connectivity index (χ2n) is 4.50. The Kier molecular flexibility index (Phi) is 4.86. The zero-order valence-corrected chi connectivity index (χ0v) is 11.7. The lowest BCUT2D eigenvalue weighted by Gasteiger charge is -2.35. The molecule has 1 fully saturated rings. The molecule has 0 radical (unpaired) electrons. The largest absolute Gasteiger partial charge is 0.297 e. The molecule has 0 bridgehead atoms. The van der Waals surface area contributed by atoms with Crippen LogP contribution in [0.2, 0.25) is 0 Å². The van der Waals surface area contributed by atoms with Crippen LogP contribution in [-0.2, 0) is 0 Å². The molecule has 94 valence electrons. The summed E-state index contributed by atoms with van der Waals surface area (Å²) in [5, 5.41) is 1.15. The van der Waals surface area contributed by atoms with E-state index in [4.69, 9.17) is 0 Å². The highest BCUT2D eigenvalue weighted by molar-refractivity contribution is 7.99. The average molecular weight is 250 g/mol. The van der Waals surface area contributed by atoms with Crippen LogP contribution in [0.4, 0.5) is 0 Å². The molecule has 1 atom stereocenters. The van der Waals surface area contributed by atoms with Gasteiger partial charge in [0.05, 0.1) is 5.03 Å². The maximum absolute atomic E-state index is 4.55. The van der Waals surface area contributed by atoms with Crippen molar-refractivity contribution in [2.45, 2.75) is 44.2 Å². The first-order valence-corrected chi connectivity index (χ1v) is 7.66. The van der Waals surface area contributed by atoms with Crippen molar-refractivity contribution in [2.75, 3.05) is 18.8 Å². The first-order chi connectivity index (χ1) is 8.35. The number of nitrogens with zero attached hydrogens (tertiary/aromatic N) is 2. The van der Waals surface area contributed by atoms with Gasteiger partial charge in [-0.25, -0.2) is 4.98 Å². The molecule has 0 aromatic carbocycles. The molecule has 1 aliphatic rings. The normalized spacial score (nSPS) is 21.6. The van der Waals surface area contributed by atoms with Crippen LogP contribution in [0.3, 0.4) is 0 Å². The van der Waals surface area contributed by atoms with Gasteiger partial charge in [0.15, 0.2) is 0 Å². The second kappa shape index (κ2) is 6.41. The van der Waals surface area contributed by atoms with Gasteiger partial charge in [-0.2, -0.15) is 0 Å². The molecule has 1 aliphatic heterocycles. The van der Waals surface area contributed by atoms with E-state index in [1.54, 1.807) is 0 Å².